The molecular weight excluding hydrogens is 577 g/mol. The van der Waals surface area contributed by atoms with E-state index >= 15 is 0 Å². The minimum Gasteiger partial charge on any atom is -0.406 e. The second kappa shape index (κ2) is 12.0. The summed E-state index contributed by atoms with van der Waals surface area (Å²) in [6, 6.07) is 10.7. The average Bonchev–Trinajstić information content (AvgIpc) is 3.52. The zero-order valence-corrected chi connectivity index (χ0v) is 26.2. The summed E-state index contributed by atoms with van der Waals surface area (Å²) in [6.07, 6.45) is 2.84. The van der Waals surface area contributed by atoms with Gasteiger partial charge in [0, 0.05) is 38.0 Å². The quantitative estimate of drug-likeness (QED) is 0.396. The maximum Gasteiger partial charge on any atom is 0.596 e. The van der Waals surface area contributed by atoms with Crippen LogP contribution in [0.5, 0.6) is 0 Å². The van der Waals surface area contributed by atoms with Gasteiger partial charge in [-0.05, 0) is 64.4 Å². The standard InChI is InChI=1S/C32H38Cl2N3O5/c1-19-10-20(2)12-22(11-19)30(39)35-8-9-36(27(17-35)21-6-7-25(33)26(34)14-21)29(38)18-41-28-15-24-13-23(28)16-37(24)31(40)42-32(3,4)5/h6-7,10-12,14,16,23-24,27-28H,8-9,13,15,17-18H2,1-5H3/q+1/t23-,24+,27-,28-/m0/s1. The van der Waals surface area contributed by atoms with Crippen LogP contribution in [0.15, 0.2) is 36.4 Å². The number of rotatable bonds is 5. The molecule has 2 heterocycles. The molecular formula is C32H38Cl2N3O5+. The molecule has 1 aliphatic carbocycles. The van der Waals surface area contributed by atoms with Crippen LogP contribution >= 0.6 is 23.2 Å². The first-order valence-corrected chi connectivity index (χ1v) is 15.1. The van der Waals surface area contributed by atoms with Crippen molar-refractivity contribution in [1.82, 2.24) is 9.80 Å². The Bertz CT molecular complexity index is 1420. The number of carbonyl (C=O) groups excluding carboxylic acids is 3. The monoisotopic (exact) mass is 614 g/mol. The molecule has 3 aliphatic rings. The Morgan fingerprint density at radius 1 is 0.976 bits per heavy atom. The largest absolute Gasteiger partial charge is 0.596 e. The SMILES string of the molecule is Cc1cc(C)cc(C(=O)N2CCN(C(=O)CO[C@H]3C[C@H]4C[C@H]3C=[N+]4C(=O)OC(C)(C)C)[C@H](c3ccc(Cl)c(Cl)c3)C2)c1. The predicted octanol–water partition coefficient (Wildman–Crippen LogP) is 5.83. The summed E-state index contributed by atoms with van der Waals surface area (Å²) >= 11 is 12.6. The first-order chi connectivity index (χ1) is 19.8. The summed E-state index contributed by atoms with van der Waals surface area (Å²) in [5.41, 5.74) is 2.93. The third-order valence-electron chi connectivity index (χ3n) is 8.08. The molecule has 0 unspecified atom stereocenters. The van der Waals surface area contributed by atoms with Crippen LogP contribution in [0.1, 0.15) is 66.7 Å². The van der Waals surface area contributed by atoms with Crippen molar-refractivity contribution in [1.29, 1.82) is 0 Å². The van der Waals surface area contributed by atoms with E-state index in [4.69, 9.17) is 32.7 Å². The first kappa shape index (κ1) is 30.5. The number of hydrogen-bond acceptors (Lipinski definition) is 5. The number of aryl methyl sites for hydroxylation is 2. The third kappa shape index (κ3) is 6.66. The van der Waals surface area contributed by atoms with Crippen molar-refractivity contribution in [2.75, 3.05) is 26.2 Å². The van der Waals surface area contributed by atoms with Gasteiger partial charge in [0.05, 0.1) is 28.1 Å². The lowest BCUT2D eigenvalue weighted by molar-refractivity contribution is -0.482. The van der Waals surface area contributed by atoms with Crippen molar-refractivity contribution in [3.63, 3.8) is 0 Å². The van der Waals surface area contributed by atoms with E-state index in [0.717, 1.165) is 23.1 Å². The zero-order valence-electron chi connectivity index (χ0n) is 24.7. The third-order valence-corrected chi connectivity index (χ3v) is 8.82. The summed E-state index contributed by atoms with van der Waals surface area (Å²) in [4.78, 5) is 43.3. The van der Waals surface area contributed by atoms with Gasteiger partial charge in [0.15, 0.2) is 12.3 Å². The van der Waals surface area contributed by atoms with Crippen molar-refractivity contribution in [2.24, 2.45) is 5.92 Å². The molecule has 2 aromatic carbocycles. The molecule has 0 aromatic heterocycles. The first-order valence-electron chi connectivity index (χ1n) is 14.4. The number of ether oxygens (including phenoxy) is 2. The van der Waals surface area contributed by atoms with Gasteiger partial charge in [0.2, 0.25) is 5.91 Å². The fraction of sp³-hybridized carbons (Fsp3) is 0.500. The van der Waals surface area contributed by atoms with E-state index < -0.39 is 11.6 Å². The number of carbonyl (C=O) groups is 3. The van der Waals surface area contributed by atoms with Crippen molar-refractivity contribution in [2.45, 2.75) is 71.2 Å². The molecule has 42 heavy (non-hydrogen) atoms. The van der Waals surface area contributed by atoms with Gasteiger partial charge in [-0.1, -0.05) is 46.5 Å². The Kier molecular flexibility index (Phi) is 8.70. The highest BCUT2D eigenvalue weighted by molar-refractivity contribution is 6.42. The van der Waals surface area contributed by atoms with Crippen molar-refractivity contribution >= 4 is 47.3 Å². The lowest BCUT2D eigenvalue weighted by Gasteiger charge is -2.42. The normalized spacial score (nSPS) is 23.6. The molecule has 2 aromatic rings. The number of piperazine rings is 1. The molecule has 1 saturated carbocycles. The minimum atomic E-state index is -0.562. The van der Waals surface area contributed by atoms with E-state index in [1.165, 1.54) is 0 Å². The Hall–Kier alpha value is -2.94. The number of benzene rings is 2. The summed E-state index contributed by atoms with van der Waals surface area (Å²) in [5.74, 6) is -0.174. The van der Waals surface area contributed by atoms with Crippen molar-refractivity contribution < 1.29 is 28.4 Å². The number of amides is 3. The molecule has 2 fully saturated rings. The van der Waals surface area contributed by atoms with Crippen molar-refractivity contribution in [3.05, 3.63) is 68.7 Å². The highest BCUT2D eigenvalue weighted by atomic mass is 35.5. The van der Waals surface area contributed by atoms with Crippen LogP contribution in [-0.2, 0) is 14.3 Å². The number of fused-ring (bicyclic) bond motifs is 2. The topological polar surface area (TPSA) is 79.2 Å². The van der Waals surface area contributed by atoms with Crippen molar-refractivity contribution in [3.8, 4) is 0 Å². The summed E-state index contributed by atoms with van der Waals surface area (Å²) in [7, 11) is 0. The van der Waals surface area contributed by atoms with E-state index in [2.05, 4.69) is 0 Å². The summed E-state index contributed by atoms with van der Waals surface area (Å²) in [6.45, 7) is 10.5. The van der Waals surface area contributed by atoms with Gasteiger partial charge in [0.25, 0.3) is 5.91 Å². The Balaban J connectivity index is 1.28. The van der Waals surface area contributed by atoms with Gasteiger partial charge in [0.1, 0.15) is 12.2 Å². The molecule has 224 valence electrons. The molecule has 0 spiro atoms. The Morgan fingerprint density at radius 3 is 2.31 bits per heavy atom. The van der Waals surface area contributed by atoms with Crippen LogP contribution in [0, 0.1) is 19.8 Å². The molecule has 1 saturated heterocycles. The van der Waals surface area contributed by atoms with Gasteiger partial charge in [-0.2, -0.15) is 4.79 Å². The molecule has 5 rings (SSSR count). The predicted molar refractivity (Wildman–Crippen MR) is 162 cm³/mol. The molecule has 4 atom stereocenters. The fourth-order valence-corrected chi connectivity index (χ4v) is 6.55. The highest BCUT2D eigenvalue weighted by Crippen LogP contribution is 2.36. The lowest BCUT2D eigenvalue weighted by atomic mass is 10.0. The van der Waals surface area contributed by atoms with Gasteiger partial charge in [-0.3, -0.25) is 9.59 Å². The number of nitrogens with zero attached hydrogens (tertiary/aromatic N) is 3. The Labute approximate surface area is 257 Å². The summed E-state index contributed by atoms with van der Waals surface area (Å²) in [5, 5.41) is 0.816. The molecule has 10 heteroatoms. The van der Waals surface area contributed by atoms with E-state index in [1.54, 1.807) is 26.5 Å². The lowest BCUT2D eigenvalue weighted by Crippen LogP contribution is -2.53. The van der Waals surface area contributed by atoms with Crippen LogP contribution in [0.4, 0.5) is 4.79 Å². The van der Waals surface area contributed by atoms with Gasteiger partial charge < -0.3 is 19.3 Å². The average molecular weight is 616 g/mol. The van der Waals surface area contributed by atoms with E-state index in [9.17, 15) is 14.4 Å². The second-order valence-electron chi connectivity index (χ2n) is 12.6. The van der Waals surface area contributed by atoms with Gasteiger partial charge in [-0.25, -0.2) is 0 Å². The van der Waals surface area contributed by atoms with E-state index in [-0.39, 0.29) is 42.6 Å². The summed E-state index contributed by atoms with van der Waals surface area (Å²) < 4.78 is 13.3. The van der Waals surface area contributed by atoms with Gasteiger partial charge in [-0.15, -0.1) is 4.58 Å². The number of halogens is 2. The van der Waals surface area contributed by atoms with E-state index in [1.807, 2.05) is 65.1 Å². The molecule has 0 N–H and O–H groups in total. The molecule has 2 bridgehead atoms. The molecule has 8 nitrogen and oxygen atoms in total. The minimum absolute atomic E-state index is 0.00808. The fourth-order valence-electron chi connectivity index (χ4n) is 6.25. The van der Waals surface area contributed by atoms with Gasteiger partial charge >= 0.3 is 6.09 Å². The van der Waals surface area contributed by atoms with Crippen LogP contribution in [0.25, 0.3) is 0 Å². The van der Waals surface area contributed by atoms with Crippen LogP contribution < -0.4 is 0 Å². The van der Waals surface area contributed by atoms with E-state index in [0.29, 0.717) is 41.7 Å². The zero-order chi connectivity index (χ0) is 30.3. The number of hydrogen-bond donors (Lipinski definition) is 0. The van der Waals surface area contributed by atoms with Crippen LogP contribution in [-0.4, -0.2) is 82.5 Å². The van der Waals surface area contributed by atoms with Crippen LogP contribution in [0.2, 0.25) is 10.0 Å². The Morgan fingerprint density at radius 2 is 1.69 bits per heavy atom. The maximum atomic E-state index is 13.6. The molecule has 3 amide bonds. The van der Waals surface area contributed by atoms with Crippen LogP contribution in [0.3, 0.4) is 0 Å². The maximum absolute atomic E-state index is 13.6. The molecule has 0 radical (unpaired) electrons. The highest BCUT2D eigenvalue weighted by Gasteiger charge is 2.51. The second-order valence-corrected chi connectivity index (χ2v) is 13.4. The molecule has 2 aliphatic heterocycles. The smallest absolute Gasteiger partial charge is 0.406 e.